The first-order valence-electron chi connectivity index (χ1n) is 8.63. The Balaban J connectivity index is 1.47. The fourth-order valence-corrected chi connectivity index (χ4v) is 4.53. The van der Waals surface area contributed by atoms with Crippen LogP contribution >= 0.6 is 15.9 Å². The molecule has 2 nitrogen and oxygen atoms in total. The predicted octanol–water partition coefficient (Wildman–Crippen LogP) is 1.31. The molecule has 0 aromatic heterocycles. The van der Waals surface area contributed by atoms with Crippen molar-refractivity contribution in [3.8, 4) is 0 Å². The topological polar surface area (TPSA) is 8.88 Å². The molecule has 0 amide bonds. The van der Waals surface area contributed by atoms with E-state index in [0.717, 1.165) is 12.0 Å². The van der Waals surface area contributed by atoms with E-state index < -0.39 is 0 Å². The molecule has 2 heterocycles. The zero-order valence-corrected chi connectivity index (χ0v) is 14.8. The van der Waals surface area contributed by atoms with Crippen LogP contribution in [-0.2, 0) is 6.54 Å². The summed E-state index contributed by atoms with van der Waals surface area (Å²) < 4.78 is 1.21. The van der Waals surface area contributed by atoms with E-state index in [4.69, 9.17) is 0 Å². The number of likely N-dealkylation sites (tertiary alicyclic amines) is 2. The third-order valence-corrected chi connectivity index (χ3v) is 6.02. The molecule has 0 atom stereocenters. The third kappa shape index (κ3) is 4.30. The van der Waals surface area contributed by atoms with Crippen molar-refractivity contribution in [1.82, 2.24) is 0 Å². The molecule has 3 rings (SSSR count). The molecule has 0 radical (unpaired) electrons. The first-order valence-corrected chi connectivity index (χ1v) is 9.42. The molecule has 0 aliphatic carbocycles. The standard InChI is InChI=1S/C18H27BrN2/c1-15-5-11-21(12-6-15)18-7-9-20(10-8-18)14-16-3-2-4-17(19)13-16/h2-4,13,15,18H,5-12,14H2,1H3/p+2. The summed E-state index contributed by atoms with van der Waals surface area (Å²) in [6.07, 6.45) is 5.74. The molecule has 3 heteroatoms. The molecule has 2 aliphatic heterocycles. The van der Waals surface area contributed by atoms with Gasteiger partial charge in [0.15, 0.2) is 0 Å². The van der Waals surface area contributed by atoms with Gasteiger partial charge in [0.05, 0.1) is 32.2 Å². The van der Waals surface area contributed by atoms with Gasteiger partial charge in [-0.15, -0.1) is 0 Å². The van der Waals surface area contributed by atoms with Crippen molar-refractivity contribution in [2.24, 2.45) is 5.92 Å². The molecule has 0 saturated carbocycles. The van der Waals surface area contributed by atoms with Gasteiger partial charge >= 0.3 is 0 Å². The summed E-state index contributed by atoms with van der Waals surface area (Å²) in [7, 11) is 0. The van der Waals surface area contributed by atoms with E-state index in [9.17, 15) is 0 Å². The molecule has 0 unspecified atom stereocenters. The number of benzene rings is 1. The van der Waals surface area contributed by atoms with Crippen molar-refractivity contribution in [2.45, 2.75) is 45.2 Å². The summed E-state index contributed by atoms with van der Waals surface area (Å²) in [5.41, 5.74) is 1.47. The number of nitrogens with one attached hydrogen (secondary N) is 2. The summed E-state index contributed by atoms with van der Waals surface area (Å²) in [5, 5.41) is 0. The lowest BCUT2D eigenvalue weighted by Gasteiger charge is -2.37. The second kappa shape index (κ2) is 7.26. The summed E-state index contributed by atoms with van der Waals surface area (Å²) in [5.74, 6) is 0.969. The van der Waals surface area contributed by atoms with Crippen LogP contribution in [0.15, 0.2) is 28.7 Å². The van der Waals surface area contributed by atoms with E-state index in [-0.39, 0.29) is 0 Å². The lowest BCUT2D eigenvalue weighted by atomic mass is 9.95. The Hall–Kier alpha value is -0.380. The Morgan fingerprint density at radius 2 is 1.76 bits per heavy atom. The summed E-state index contributed by atoms with van der Waals surface area (Å²) in [4.78, 5) is 3.68. The molecule has 116 valence electrons. The van der Waals surface area contributed by atoms with E-state index >= 15 is 0 Å². The normalized spacial score (nSPS) is 33.8. The lowest BCUT2D eigenvalue weighted by Crippen LogP contribution is -3.20. The van der Waals surface area contributed by atoms with Crippen LogP contribution in [0.2, 0.25) is 0 Å². The maximum Gasteiger partial charge on any atom is 0.103 e. The Labute approximate surface area is 137 Å². The fraction of sp³-hybridized carbons (Fsp3) is 0.667. The zero-order valence-electron chi connectivity index (χ0n) is 13.2. The minimum Gasteiger partial charge on any atom is -0.332 e. The highest BCUT2D eigenvalue weighted by atomic mass is 79.9. The molecule has 21 heavy (non-hydrogen) atoms. The minimum atomic E-state index is 0.948. The number of rotatable bonds is 3. The van der Waals surface area contributed by atoms with Gasteiger partial charge in [0.2, 0.25) is 0 Å². The van der Waals surface area contributed by atoms with Crippen molar-refractivity contribution >= 4 is 15.9 Å². The average Bonchev–Trinajstić information content (AvgIpc) is 2.49. The molecule has 2 N–H and O–H groups in total. The van der Waals surface area contributed by atoms with Crippen LogP contribution in [0.3, 0.4) is 0 Å². The monoisotopic (exact) mass is 352 g/mol. The van der Waals surface area contributed by atoms with Gasteiger partial charge in [-0.05, 0) is 30.9 Å². The van der Waals surface area contributed by atoms with Gasteiger partial charge in [0, 0.05) is 22.9 Å². The first-order chi connectivity index (χ1) is 10.2. The highest BCUT2D eigenvalue weighted by Crippen LogP contribution is 2.11. The van der Waals surface area contributed by atoms with Crippen LogP contribution in [0.4, 0.5) is 0 Å². The molecule has 2 aliphatic rings. The van der Waals surface area contributed by atoms with Gasteiger partial charge in [-0.2, -0.15) is 0 Å². The van der Waals surface area contributed by atoms with Crippen molar-refractivity contribution < 1.29 is 9.80 Å². The Morgan fingerprint density at radius 3 is 2.43 bits per heavy atom. The van der Waals surface area contributed by atoms with Crippen LogP contribution in [0.25, 0.3) is 0 Å². The van der Waals surface area contributed by atoms with Gasteiger partial charge in [-0.3, -0.25) is 0 Å². The minimum absolute atomic E-state index is 0.948. The van der Waals surface area contributed by atoms with E-state index in [1.165, 1.54) is 68.4 Å². The second-order valence-corrected chi connectivity index (χ2v) is 8.09. The Morgan fingerprint density at radius 1 is 1.05 bits per heavy atom. The number of halogens is 1. The van der Waals surface area contributed by atoms with Crippen LogP contribution in [0, 0.1) is 5.92 Å². The van der Waals surface area contributed by atoms with E-state index in [2.05, 4.69) is 47.1 Å². The number of piperidine rings is 2. The van der Waals surface area contributed by atoms with Crippen molar-refractivity contribution in [1.29, 1.82) is 0 Å². The third-order valence-electron chi connectivity index (χ3n) is 5.53. The molecular weight excluding hydrogens is 324 g/mol. The summed E-state index contributed by atoms with van der Waals surface area (Å²) in [6.45, 7) is 9.17. The molecule has 2 fully saturated rings. The zero-order chi connectivity index (χ0) is 14.7. The fourth-order valence-electron chi connectivity index (χ4n) is 4.09. The molecule has 0 bridgehead atoms. The van der Waals surface area contributed by atoms with E-state index in [1.807, 2.05) is 4.90 Å². The summed E-state index contributed by atoms with van der Waals surface area (Å²) >= 11 is 3.58. The van der Waals surface area contributed by atoms with Crippen LogP contribution in [-0.4, -0.2) is 32.2 Å². The highest BCUT2D eigenvalue weighted by molar-refractivity contribution is 9.10. The number of hydrogen-bond donors (Lipinski definition) is 2. The number of hydrogen-bond acceptors (Lipinski definition) is 0. The van der Waals surface area contributed by atoms with Crippen LogP contribution in [0.1, 0.15) is 38.2 Å². The maximum absolute atomic E-state index is 3.58. The smallest absolute Gasteiger partial charge is 0.103 e. The Bertz CT molecular complexity index is 446. The molecule has 1 aromatic rings. The second-order valence-electron chi connectivity index (χ2n) is 7.17. The van der Waals surface area contributed by atoms with E-state index in [0.29, 0.717) is 0 Å². The highest BCUT2D eigenvalue weighted by Gasteiger charge is 2.31. The maximum atomic E-state index is 3.58. The Kier molecular flexibility index (Phi) is 5.36. The van der Waals surface area contributed by atoms with Crippen molar-refractivity contribution in [2.75, 3.05) is 26.2 Å². The summed E-state index contributed by atoms with van der Waals surface area (Å²) in [6, 6.07) is 9.76. The van der Waals surface area contributed by atoms with Crippen LogP contribution in [0.5, 0.6) is 0 Å². The van der Waals surface area contributed by atoms with Gasteiger partial charge in [-0.25, -0.2) is 0 Å². The molecular formula is C18H29BrN2+2. The first kappa shape index (κ1) is 15.5. The molecule has 1 aromatic carbocycles. The quantitative estimate of drug-likeness (QED) is 0.811. The predicted molar refractivity (Wildman–Crippen MR) is 90.7 cm³/mol. The molecule has 0 spiro atoms. The lowest BCUT2D eigenvalue weighted by molar-refractivity contribution is -0.966. The number of quaternary nitrogens is 2. The SMILES string of the molecule is CC1CC[NH+](C2CC[NH+](Cc3cccc(Br)c3)CC2)CC1. The van der Waals surface area contributed by atoms with Crippen molar-refractivity contribution in [3.63, 3.8) is 0 Å². The van der Waals surface area contributed by atoms with Gasteiger partial charge in [0.25, 0.3) is 0 Å². The van der Waals surface area contributed by atoms with Crippen molar-refractivity contribution in [3.05, 3.63) is 34.3 Å². The molecule has 2 saturated heterocycles. The van der Waals surface area contributed by atoms with Gasteiger partial charge in [0.1, 0.15) is 6.54 Å². The van der Waals surface area contributed by atoms with Crippen LogP contribution < -0.4 is 9.80 Å². The largest absolute Gasteiger partial charge is 0.332 e. The van der Waals surface area contributed by atoms with Gasteiger partial charge in [-0.1, -0.05) is 35.0 Å². The average molecular weight is 353 g/mol. The van der Waals surface area contributed by atoms with E-state index in [1.54, 1.807) is 4.90 Å². The van der Waals surface area contributed by atoms with Gasteiger partial charge < -0.3 is 9.80 Å².